The van der Waals surface area contributed by atoms with Crippen LogP contribution in [0.15, 0.2) is 133 Å². The summed E-state index contributed by atoms with van der Waals surface area (Å²) in [6.07, 6.45) is 7.91. The monoisotopic (exact) mass is 542 g/mol. The summed E-state index contributed by atoms with van der Waals surface area (Å²) >= 11 is 0. The van der Waals surface area contributed by atoms with Gasteiger partial charge in [0, 0.05) is 38.8 Å². The highest BCUT2D eigenvalue weighted by Crippen LogP contribution is 2.52. The molecule has 0 saturated carbocycles. The molecular weight excluding hydrogens is 512 g/mol. The molecule has 4 heterocycles. The first-order valence-electron chi connectivity index (χ1n) is 14.8. The molecule has 0 saturated heterocycles. The average molecular weight is 543 g/mol. The van der Waals surface area contributed by atoms with Crippen LogP contribution >= 0.6 is 0 Å². The van der Waals surface area contributed by atoms with Gasteiger partial charge in [0.2, 0.25) is 0 Å². The molecular formula is C38H30N4. The molecule has 2 aliphatic rings. The Bertz CT molecular complexity index is 2230. The summed E-state index contributed by atoms with van der Waals surface area (Å²) in [6.45, 7) is 4.76. The average Bonchev–Trinajstić information content (AvgIpc) is 3.75. The van der Waals surface area contributed by atoms with Crippen molar-refractivity contribution in [3.8, 4) is 22.8 Å². The van der Waals surface area contributed by atoms with Crippen LogP contribution in [0.1, 0.15) is 32.0 Å². The number of para-hydroxylation sites is 4. The first-order valence-corrected chi connectivity index (χ1v) is 14.8. The first-order chi connectivity index (χ1) is 20.6. The SMILES string of the molecule is CC1(C)C2=CC=CCC2n2c1cc1c3ccccc3n(-c3ccc(-c4nc5ccccc5n4-c4ccccc4)cc3)c12. The van der Waals surface area contributed by atoms with E-state index in [1.165, 1.54) is 33.2 Å². The summed E-state index contributed by atoms with van der Waals surface area (Å²) in [6, 6.07) is 39.5. The van der Waals surface area contributed by atoms with Crippen molar-refractivity contribution in [3.05, 3.63) is 139 Å². The third-order valence-electron chi connectivity index (χ3n) is 9.42. The van der Waals surface area contributed by atoms with Crippen molar-refractivity contribution in [2.24, 2.45) is 0 Å². The van der Waals surface area contributed by atoms with E-state index in [-0.39, 0.29) is 5.41 Å². The van der Waals surface area contributed by atoms with Gasteiger partial charge in [-0.2, -0.15) is 0 Å². The second-order valence-corrected chi connectivity index (χ2v) is 12.1. The van der Waals surface area contributed by atoms with E-state index in [1.807, 2.05) is 0 Å². The Balaban J connectivity index is 1.26. The molecule has 4 aromatic carbocycles. The summed E-state index contributed by atoms with van der Waals surface area (Å²) in [5, 5.41) is 2.63. The van der Waals surface area contributed by atoms with Gasteiger partial charge in [0.25, 0.3) is 0 Å². The van der Waals surface area contributed by atoms with Crippen molar-refractivity contribution in [3.63, 3.8) is 0 Å². The highest BCUT2D eigenvalue weighted by atomic mass is 15.2. The number of allylic oxidation sites excluding steroid dienone is 4. The van der Waals surface area contributed by atoms with Crippen molar-refractivity contribution in [2.45, 2.75) is 31.7 Å². The van der Waals surface area contributed by atoms with Gasteiger partial charge in [-0.05, 0) is 72.7 Å². The quantitative estimate of drug-likeness (QED) is 0.219. The van der Waals surface area contributed by atoms with Gasteiger partial charge in [-0.1, -0.05) is 80.6 Å². The Morgan fingerprint density at radius 2 is 1.43 bits per heavy atom. The molecule has 3 aromatic heterocycles. The van der Waals surface area contributed by atoms with E-state index in [0.717, 1.165) is 40.2 Å². The maximum absolute atomic E-state index is 5.09. The molecule has 0 amide bonds. The highest BCUT2D eigenvalue weighted by molar-refractivity contribution is 6.09. The number of nitrogens with zero attached hydrogens (tertiary/aromatic N) is 4. The van der Waals surface area contributed by atoms with Gasteiger partial charge in [0.15, 0.2) is 0 Å². The Morgan fingerprint density at radius 3 is 2.26 bits per heavy atom. The summed E-state index contributed by atoms with van der Waals surface area (Å²) in [5.41, 5.74) is 10.9. The summed E-state index contributed by atoms with van der Waals surface area (Å²) in [4.78, 5) is 5.09. The molecule has 0 spiro atoms. The maximum atomic E-state index is 5.09. The Morgan fingerprint density at radius 1 is 0.714 bits per heavy atom. The summed E-state index contributed by atoms with van der Waals surface area (Å²) in [7, 11) is 0. The standard InChI is InChI=1S/C38H30N4/c1-38(2)30-15-7-10-18-33(30)42-35(38)24-29-28-14-6-9-17-32(28)41(37(29)42)27-22-20-25(21-23-27)36-39-31-16-8-11-19-34(31)40(36)26-12-4-3-5-13-26/h3-17,19-24,33H,18H2,1-2H3. The largest absolute Gasteiger partial charge is 0.322 e. The second-order valence-electron chi connectivity index (χ2n) is 12.1. The van der Waals surface area contributed by atoms with Gasteiger partial charge in [0.05, 0.1) is 22.6 Å². The molecule has 0 fully saturated rings. The first kappa shape index (κ1) is 23.6. The molecule has 4 heteroatoms. The lowest BCUT2D eigenvalue weighted by Crippen LogP contribution is -2.17. The lowest BCUT2D eigenvalue weighted by atomic mass is 9.79. The van der Waals surface area contributed by atoms with Gasteiger partial charge in [-0.25, -0.2) is 4.98 Å². The number of fused-ring (bicyclic) bond motifs is 8. The fraction of sp³-hybridized carbons (Fsp3) is 0.132. The maximum Gasteiger partial charge on any atom is 0.145 e. The van der Waals surface area contributed by atoms with Crippen LogP contribution in [0, 0.1) is 0 Å². The van der Waals surface area contributed by atoms with Crippen molar-refractivity contribution < 1.29 is 0 Å². The van der Waals surface area contributed by atoms with Gasteiger partial charge >= 0.3 is 0 Å². The predicted octanol–water partition coefficient (Wildman–Crippen LogP) is 9.31. The van der Waals surface area contributed by atoms with Crippen LogP contribution in [0.5, 0.6) is 0 Å². The van der Waals surface area contributed by atoms with Crippen molar-refractivity contribution in [1.82, 2.24) is 18.7 Å². The van der Waals surface area contributed by atoms with Gasteiger partial charge in [0.1, 0.15) is 11.5 Å². The van der Waals surface area contributed by atoms with E-state index in [9.17, 15) is 0 Å². The van der Waals surface area contributed by atoms with Gasteiger partial charge in [-0.3, -0.25) is 9.13 Å². The number of aromatic nitrogens is 4. The number of rotatable bonds is 3. The Labute approximate surface area is 244 Å². The van der Waals surface area contributed by atoms with Crippen LogP contribution in [0.3, 0.4) is 0 Å². The van der Waals surface area contributed by atoms with Crippen LogP contribution < -0.4 is 0 Å². The smallest absolute Gasteiger partial charge is 0.145 e. The number of benzene rings is 4. The lowest BCUT2D eigenvalue weighted by molar-refractivity contribution is 0.589. The molecule has 202 valence electrons. The molecule has 0 bridgehead atoms. The summed E-state index contributed by atoms with van der Waals surface area (Å²) in [5.74, 6) is 0.950. The fourth-order valence-electron chi connectivity index (χ4n) is 7.46. The second kappa shape index (κ2) is 8.46. The normalized spacial score (nSPS) is 17.2. The number of hydrogen-bond donors (Lipinski definition) is 0. The van der Waals surface area contributed by atoms with E-state index in [0.29, 0.717) is 6.04 Å². The highest BCUT2D eigenvalue weighted by Gasteiger charge is 2.44. The van der Waals surface area contributed by atoms with E-state index in [1.54, 1.807) is 0 Å². The van der Waals surface area contributed by atoms with Crippen LogP contribution in [0.4, 0.5) is 0 Å². The van der Waals surface area contributed by atoms with Crippen LogP contribution in [0.25, 0.3) is 55.7 Å². The molecule has 4 nitrogen and oxygen atoms in total. The molecule has 0 N–H and O–H groups in total. The van der Waals surface area contributed by atoms with Gasteiger partial charge < -0.3 is 4.57 Å². The van der Waals surface area contributed by atoms with E-state index >= 15 is 0 Å². The molecule has 9 rings (SSSR count). The topological polar surface area (TPSA) is 27.7 Å². The summed E-state index contributed by atoms with van der Waals surface area (Å²) < 4.78 is 7.35. The van der Waals surface area contributed by atoms with Crippen molar-refractivity contribution >= 4 is 33.0 Å². The number of hydrogen-bond acceptors (Lipinski definition) is 1. The van der Waals surface area contributed by atoms with Crippen molar-refractivity contribution in [2.75, 3.05) is 0 Å². The molecule has 1 aliphatic carbocycles. The third-order valence-corrected chi connectivity index (χ3v) is 9.42. The van der Waals surface area contributed by atoms with Crippen LogP contribution in [0.2, 0.25) is 0 Å². The van der Waals surface area contributed by atoms with Crippen LogP contribution in [-0.2, 0) is 5.41 Å². The lowest BCUT2D eigenvalue weighted by Gasteiger charge is -2.24. The zero-order chi connectivity index (χ0) is 28.0. The molecule has 0 radical (unpaired) electrons. The minimum absolute atomic E-state index is 0.000752. The minimum Gasteiger partial charge on any atom is -0.322 e. The van der Waals surface area contributed by atoms with E-state index in [4.69, 9.17) is 4.98 Å². The van der Waals surface area contributed by atoms with Crippen molar-refractivity contribution in [1.29, 1.82) is 0 Å². The molecule has 1 unspecified atom stereocenters. The Kier molecular flexibility index (Phi) is 4.76. The van der Waals surface area contributed by atoms with Crippen LogP contribution in [-0.4, -0.2) is 18.7 Å². The van der Waals surface area contributed by atoms with Gasteiger partial charge in [-0.15, -0.1) is 0 Å². The zero-order valence-electron chi connectivity index (χ0n) is 23.7. The molecule has 42 heavy (non-hydrogen) atoms. The number of imidazole rings is 1. The molecule has 7 aromatic rings. The Hall–Kier alpha value is -5.09. The predicted molar refractivity (Wildman–Crippen MR) is 173 cm³/mol. The molecule has 1 atom stereocenters. The zero-order valence-corrected chi connectivity index (χ0v) is 23.7. The molecule has 1 aliphatic heterocycles. The third kappa shape index (κ3) is 3.09. The van der Waals surface area contributed by atoms with E-state index in [2.05, 4.69) is 155 Å². The minimum atomic E-state index is 0.000752. The fourth-order valence-corrected chi connectivity index (χ4v) is 7.46. The van der Waals surface area contributed by atoms with E-state index < -0.39 is 0 Å².